The SMILES string of the molecule is CN(c1ccc(OCC(=O)OCC(=O)N2CCc3ccccc3C2)cc1)S(=O)(=O)c1ccc2ccccc2c1. The lowest BCUT2D eigenvalue weighted by Crippen LogP contribution is -2.38. The fraction of sp³-hybridized carbons (Fsp3) is 0.200. The number of anilines is 1. The Morgan fingerprint density at radius 3 is 2.31 bits per heavy atom. The Bertz CT molecular complexity index is 1620. The lowest BCUT2D eigenvalue weighted by Gasteiger charge is -2.28. The number of amides is 1. The fourth-order valence-electron chi connectivity index (χ4n) is 4.50. The number of sulfonamides is 1. The third kappa shape index (κ3) is 5.88. The first-order valence-electron chi connectivity index (χ1n) is 12.5. The molecule has 0 fully saturated rings. The number of benzene rings is 4. The zero-order chi connectivity index (χ0) is 27.4. The Hall–Kier alpha value is -4.37. The molecule has 200 valence electrons. The van der Waals surface area contributed by atoms with Gasteiger partial charge in [-0.2, -0.15) is 0 Å². The Balaban J connectivity index is 1.12. The normalized spacial score (nSPS) is 13.0. The van der Waals surface area contributed by atoms with E-state index < -0.39 is 16.0 Å². The number of esters is 1. The largest absolute Gasteiger partial charge is 0.482 e. The fourth-order valence-corrected chi connectivity index (χ4v) is 5.73. The van der Waals surface area contributed by atoms with Crippen molar-refractivity contribution in [2.75, 3.05) is 31.1 Å². The van der Waals surface area contributed by atoms with Crippen molar-refractivity contribution in [1.82, 2.24) is 4.90 Å². The molecule has 0 saturated carbocycles. The van der Waals surface area contributed by atoms with Crippen molar-refractivity contribution in [3.63, 3.8) is 0 Å². The minimum absolute atomic E-state index is 0.190. The van der Waals surface area contributed by atoms with Gasteiger partial charge in [0, 0.05) is 20.1 Å². The highest BCUT2D eigenvalue weighted by Crippen LogP contribution is 2.26. The van der Waals surface area contributed by atoms with Crippen LogP contribution in [0.2, 0.25) is 0 Å². The molecule has 1 heterocycles. The van der Waals surface area contributed by atoms with Gasteiger partial charge in [-0.15, -0.1) is 0 Å². The van der Waals surface area contributed by atoms with Crippen LogP contribution in [0.1, 0.15) is 11.1 Å². The van der Waals surface area contributed by atoms with Crippen molar-refractivity contribution in [3.8, 4) is 5.75 Å². The van der Waals surface area contributed by atoms with Gasteiger partial charge in [0.1, 0.15) is 5.75 Å². The molecule has 0 radical (unpaired) electrons. The predicted molar refractivity (Wildman–Crippen MR) is 148 cm³/mol. The number of carbonyl (C=O) groups is 2. The molecule has 8 nitrogen and oxygen atoms in total. The molecule has 9 heteroatoms. The molecule has 0 aliphatic carbocycles. The first-order chi connectivity index (χ1) is 18.8. The smallest absolute Gasteiger partial charge is 0.344 e. The van der Waals surface area contributed by atoms with Crippen LogP contribution in [0.15, 0.2) is 95.9 Å². The topological polar surface area (TPSA) is 93.2 Å². The third-order valence-corrected chi connectivity index (χ3v) is 8.56. The summed E-state index contributed by atoms with van der Waals surface area (Å²) in [5.41, 5.74) is 2.77. The lowest BCUT2D eigenvalue weighted by atomic mass is 10.00. The molecule has 0 N–H and O–H groups in total. The van der Waals surface area contributed by atoms with E-state index in [2.05, 4.69) is 6.07 Å². The molecule has 39 heavy (non-hydrogen) atoms. The highest BCUT2D eigenvalue weighted by atomic mass is 32.2. The molecule has 0 aromatic heterocycles. The van der Waals surface area contributed by atoms with Crippen LogP contribution in [0.4, 0.5) is 5.69 Å². The molecular weight excluding hydrogens is 516 g/mol. The molecule has 0 atom stereocenters. The minimum atomic E-state index is -3.78. The van der Waals surface area contributed by atoms with E-state index in [-0.39, 0.29) is 24.0 Å². The number of carbonyl (C=O) groups excluding carboxylic acids is 2. The molecule has 0 bridgehead atoms. The van der Waals surface area contributed by atoms with E-state index in [1.807, 2.05) is 42.5 Å². The molecular formula is C30H28N2O6S. The van der Waals surface area contributed by atoms with E-state index >= 15 is 0 Å². The molecule has 1 aliphatic rings. The van der Waals surface area contributed by atoms with Crippen molar-refractivity contribution in [3.05, 3.63) is 102 Å². The van der Waals surface area contributed by atoms with Gasteiger partial charge in [-0.05, 0) is 64.7 Å². The van der Waals surface area contributed by atoms with Gasteiger partial charge >= 0.3 is 5.97 Å². The van der Waals surface area contributed by atoms with Gasteiger partial charge in [-0.3, -0.25) is 9.10 Å². The van der Waals surface area contributed by atoms with Gasteiger partial charge in [0.15, 0.2) is 13.2 Å². The van der Waals surface area contributed by atoms with Crippen molar-refractivity contribution < 1.29 is 27.5 Å². The predicted octanol–water partition coefficient (Wildman–Crippen LogP) is 4.17. The lowest BCUT2D eigenvalue weighted by molar-refractivity contribution is -0.154. The summed E-state index contributed by atoms with van der Waals surface area (Å²) in [6.45, 7) is 0.364. The van der Waals surface area contributed by atoms with E-state index in [1.165, 1.54) is 16.9 Å². The Labute approximate surface area is 227 Å². The first kappa shape index (κ1) is 26.2. The Morgan fingerprint density at radius 2 is 1.54 bits per heavy atom. The summed E-state index contributed by atoms with van der Waals surface area (Å²) >= 11 is 0. The summed E-state index contributed by atoms with van der Waals surface area (Å²) in [4.78, 5) is 26.5. The molecule has 0 unspecified atom stereocenters. The summed E-state index contributed by atoms with van der Waals surface area (Å²) in [6.07, 6.45) is 0.772. The Kier molecular flexibility index (Phi) is 7.51. The minimum Gasteiger partial charge on any atom is -0.482 e. The van der Waals surface area contributed by atoms with Crippen LogP contribution >= 0.6 is 0 Å². The first-order valence-corrected chi connectivity index (χ1v) is 14.0. The second kappa shape index (κ2) is 11.2. The molecule has 0 spiro atoms. The molecule has 1 aliphatic heterocycles. The number of fused-ring (bicyclic) bond motifs is 2. The van der Waals surface area contributed by atoms with Crippen molar-refractivity contribution in [1.29, 1.82) is 0 Å². The van der Waals surface area contributed by atoms with E-state index in [4.69, 9.17) is 9.47 Å². The highest BCUT2D eigenvalue weighted by molar-refractivity contribution is 7.92. The third-order valence-electron chi connectivity index (χ3n) is 6.78. The number of hydrogen-bond acceptors (Lipinski definition) is 6. The van der Waals surface area contributed by atoms with Crippen molar-refractivity contribution >= 4 is 38.4 Å². The summed E-state index contributed by atoms with van der Waals surface area (Å²) in [5, 5.41) is 1.80. The van der Waals surface area contributed by atoms with Gasteiger partial charge in [-0.1, -0.05) is 54.6 Å². The quantitative estimate of drug-likeness (QED) is 0.309. The van der Waals surface area contributed by atoms with E-state index in [0.29, 0.717) is 24.5 Å². The van der Waals surface area contributed by atoms with Crippen LogP contribution in [0.25, 0.3) is 10.8 Å². The van der Waals surface area contributed by atoms with E-state index in [1.54, 1.807) is 47.4 Å². The van der Waals surface area contributed by atoms with Gasteiger partial charge in [0.25, 0.3) is 15.9 Å². The summed E-state index contributed by atoms with van der Waals surface area (Å²) in [7, 11) is -2.30. The maximum Gasteiger partial charge on any atom is 0.344 e. The van der Waals surface area contributed by atoms with Crippen LogP contribution < -0.4 is 9.04 Å². The summed E-state index contributed by atoms with van der Waals surface area (Å²) in [6, 6.07) is 26.9. The van der Waals surface area contributed by atoms with Gasteiger partial charge < -0.3 is 14.4 Å². The number of ether oxygens (including phenoxy) is 2. The van der Waals surface area contributed by atoms with Gasteiger partial charge in [0.2, 0.25) is 0 Å². The Morgan fingerprint density at radius 1 is 0.846 bits per heavy atom. The van der Waals surface area contributed by atoms with Crippen LogP contribution in [-0.4, -0.2) is 52.0 Å². The van der Waals surface area contributed by atoms with Crippen LogP contribution in [0.5, 0.6) is 5.75 Å². The zero-order valence-corrected chi connectivity index (χ0v) is 22.3. The monoisotopic (exact) mass is 544 g/mol. The van der Waals surface area contributed by atoms with Crippen molar-refractivity contribution in [2.45, 2.75) is 17.9 Å². The van der Waals surface area contributed by atoms with Crippen LogP contribution in [0.3, 0.4) is 0 Å². The standard InChI is InChI=1S/C30H28N2O6S/c1-31(39(35,36)28-15-10-22-6-2-4-8-24(22)18-28)26-11-13-27(14-12-26)37-21-30(34)38-20-29(33)32-17-16-23-7-3-5-9-25(23)19-32/h2-15,18H,16-17,19-21H2,1H3. The second-order valence-corrected chi connectivity index (χ2v) is 11.2. The zero-order valence-electron chi connectivity index (χ0n) is 21.4. The molecule has 0 saturated heterocycles. The maximum atomic E-state index is 13.2. The second-order valence-electron chi connectivity index (χ2n) is 9.26. The van der Waals surface area contributed by atoms with Crippen molar-refractivity contribution in [2.24, 2.45) is 0 Å². The number of rotatable bonds is 8. The van der Waals surface area contributed by atoms with Gasteiger partial charge in [-0.25, -0.2) is 13.2 Å². The van der Waals surface area contributed by atoms with E-state index in [0.717, 1.165) is 22.8 Å². The summed E-state index contributed by atoms with van der Waals surface area (Å²) < 4.78 is 38.1. The summed E-state index contributed by atoms with van der Waals surface area (Å²) in [5.74, 6) is -0.551. The number of nitrogens with zero attached hydrogens (tertiary/aromatic N) is 2. The highest BCUT2D eigenvalue weighted by Gasteiger charge is 2.23. The maximum absolute atomic E-state index is 13.2. The van der Waals surface area contributed by atoms with E-state index in [9.17, 15) is 18.0 Å². The van der Waals surface area contributed by atoms with Crippen LogP contribution in [0, 0.1) is 0 Å². The molecule has 5 rings (SSSR count). The molecule has 1 amide bonds. The molecule has 4 aromatic rings. The van der Waals surface area contributed by atoms with Crippen LogP contribution in [-0.2, 0) is 37.3 Å². The number of hydrogen-bond donors (Lipinski definition) is 0. The van der Waals surface area contributed by atoms with Gasteiger partial charge in [0.05, 0.1) is 10.6 Å². The molecule has 4 aromatic carbocycles. The average Bonchev–Trinajstić information content (AvgIpc) is 2.98. The average molecular weight is 545 g/mol.